The van der Waals surface area contributed by atoms with Gasteiger partial charge in [-0.05, 0) is 62.6 Å². The Morgan fingerprint density at radius 3 is 2.38 bits per heavy atom. The van der Waals surface area contributed by atoms with Gasteiger partial charge in [0.25, 0.3) is 0 Å². The highest BCUT2D eigenvalue weighted by atomic mass is 35.5. The number of piperazine rings is 1. The molecule has 216 valence electrons. The Morgan fingerprint density at radius 2 is 1.62 bits per heavy atom. The smallest absolute Gasteiger partial charge is 0.227 e. The number of aromatic nitrogens is 5. The molecular weight excluding hydrogens is 569 g/mol. The largest absolute Gasteiger partial charge is 0.383 e. The zero-order chi connectivity index (χ0) is 28.8. The quantitative estimate of drug-likeness (QED) is 0.238. The van der Waals surface area contributed by atoms with Gasteiger partial charge in [0.05, 0.1) is 20.9 Å². The zero-order valence-corrected chi connectivity index (χ0v) is 25.0. The van der Waals surface area contributed by atoms with E-state index in [1.807, 2.05) is 18.2 Å². The normalized spacial score (nSPS) is 20.4. The van der Waals surface area contributed by atoms with Crippen molar-refractivity contribution in [2.24, 2.45) is 0 Å². The Bertz CT molecular complexity index is 1740. The molecular formula is C31H33Cl2N9. The monoisotopic (exact) mass is 601 g/mol. The summed E-state index contributed by atoms with van der Waals surface area (Å²) in [6.45, 7) is 4.67. The molecule has 0 spiro atoms. The number of hydrogen-bond acceptors (Lipinski definition) is 8. The molecule has 2 fully saturated rings. The third kappa shape index (κ3) is 5.15. The van der Waals surface area contributed by atoms with E-state index < -0.39 is 0 Å². The second-order valence-corrected chi connectivity index (χ2v) is 12.2. The average molecular weight is 603 g/mol. The van der Waals surface area contributed by atoms with Crippen molar-refractivity contribution in [3.05, 3.63) is 65.2 Å². The molecule has 4 heterocycles. The van der Waals surface area contributed by atoms with E-state index >= 15 is 0 Å². The number of anilines is 3. The number of rotatable bonds is 5. The van der Waals surface area contributed by atoms with Crippen LogP contribution in [0.1, 0.15) is 31.7 Å². The van der Waals surface area contributed by atoms with Crippen LogP contribution in [-0.2, 0) is 0 Å². The maximum atomic E-state index is 6.44. The van der Waals surface area contributed by atoms with Crippen LogP contribution in [0, 0.1) is 0 Å². The van der Waals surface area contributed by atoms with Crippen LogP contribution in [0.5, 0.6) is 0 Å². The molecule has 9 nitrogen and oxygen atoms in total. The zero-order valence-electron chi connectivity index (χ0n) is 23.5. The van der Waals surface area contributed by atoms with Crippen LogP contribution in [-0.4, -0.2) is 73.6 Å². The van der Waals surface area contributed by atoms with Crippen LogP contribution in [0.25, 0.3) is 33.1 Å². The van der Waals surface area contributed by atoms with Crippen molar-refractivity contribution in [1.82, 2.24) is 34.3 Å². The Balaban J connectivity index is 1.12. The lowest BCUT2D eigenvalue weighted by Gasteiger charge is -2.41. The lowest BCUT2D eigenvalue weighted by Crippen LogP contribution is -2.49. The molecule has 3 N–H and O–H groups in total. The summed E-state index contributed by atoms with van der Waals surface area (Å²) in [5.41, 5.74) is 11.0. The maximum absolute atomic E-state index is 6.44. The first-order valence-electron chi connectivity index (χ1n) is 14.5. The van der Waals surface area contributed by atoms with E-state index in [-0.39, 0.29) is 0 Å². The molecule has 0 amide bonds. The summed E-state index contributed by atoms with van der Waals surface area (Å²) in [6, 6.07) is 12.8. The van der Waals surface area contributed by atoms with E-state index in [1.54, 1.807) is 18.6 Å². The van der Waals surface area contributed by atoms with Crippen LogP contribution in [0.4, 0.5) is 17.5 Å². The van der Waals surface area contributed by atoms with Gasteiger partial charge in [0.2, 0.25) is 5.95 Å². The average Bonchev–Trinajstić information content (AvgIpc) is 3.41. The molecule has 0 bridgehead atoms. The van der Waals surface area contributed by atoms with E-state index in [2.05, 4.69) is 60.0 Å². The first kappa shape index (κ1) is 27.3. The Kier molecular flexibility index (Phi) is 7.35. The molecule has 0 unspecified atom stereocenters. The standard InChI is InChI=1S/C31H33Cl2N9/c1-40-12-14-41(15-13-40)21-6-8-22(9-7-21)42-17-24(27-29(34)36-18-37-30(27)42)19-2-4-20(5-3-19)38-31-35-16-23-26(39-31)11-10-25(32)28(23)33/h2-5,10-11,16-18,21-22H,6-9,12-15H2,1H3,(H2,34,36,37)(H,35,38,39)/t21-,22-. The molecule has 5 aromatic rings. The van der Waals surface area contributed by atoms with Crippen LogP contribution < -0.4 is 11.1 Å². The molecule has 11 heteroatoms. The summed E-state index contributed by atoms with van der Waals surface area (Å²) in [7, 11) is 2.22. The van der Waals surface area contributed by atoms with Crippen molar-refractivity contribution in [1.29, 1.82) is 0 Å². The minimum Gasteiger partial charge on any atom is -0.383 e. The lowest BCUT2D eigenvalue weighted by atomic mass is 9.89. The van der Waals surface area contributed by atoms with Gasteiger partial charge in [-0.15, -0.1) is 0 Å². The number of hydrogen-bond donors (Lipinski definition) is 2. The fourth-order valence-electron chi connectivity index (χ4n) is 6.46. The van der Waals surface area contributed by atoms with E-state index in [1.165, 1.54) is 25.9 Å². The fourth-order valence-corrected chi connectivity index (χ4v) is 6.84. The molecule has 2 aliphatic rings. The van der Waals surface area contributed by atoms with Crippen molar-refractivity contribution in [3.8, 4) is 11.1 Å². The number of nitrogens with zero attached hydrogens (tertiary/aromatic N) is 7. The van der Waals surface area contributed by atoms with Gasteiger partial charge in [0, 0.05) is 67.3 Å². The highest BCUT2D eigenvalue weighted by Crippen LogP contribution is 2.39. The molecule has 1 aliphatic carbocycles. The summed E-state index contributed by atoms with van der Waals surface area (Å²) in [6.07, 6.45) is 10.2. The first-order valence-corrected chi connectivity index (χ1v) is 15.2. The summed E-state index contributed by atoms with van der Waals surface area (Å²) in [5.74, 6) is 0.987. The van der Waals surface area contributed by atoms with Crippen molar-refractivity contribution in [2.45, 2.75) is 37.8 Å². The number of nitrogens with one attached hydrogen (secondary N) is 1. The second-order valence-electron chi connectivity index (χ2n) is 11.4. The Morgan fingerprint density at radius 1 is 0.881 bits per heavy atom. The Hall–Kier alpha value is -3.50. The molecule has 1 saturated carbocycles. The van der Waals surface area contributed by atoms with Gasteiger partial charge in [-0.1, -0.05) is 35.3 Å². The number of nitrogens with two attached hydrogens (primary N) is 1. The molecule has 0 atom stereocenters. The van der Waals surface area contributed by atoms with E-state index in [9.17, 15) is 0 Å². The summed E-state index contributed by atoms with van der Waals surface area (Å²) < 4.78 is 2.34. The molecule has 0 radical (unpaired) electrons. The predicted octanol–water partition coefficient (Wildman–Crippen LogP) is 6.41. The summed E-state index contributed by atoms with van der Waals surface area (Å²) in [5, 5.41) is 5.85. The fraction of sp³-hybridized carbons (Fsp3) is 0.355. The predicted molar refractivity (Wildman–Crippen MR) is 171 cm³/mol. The van der Waals surface area contributed by atoms with Gasteiger partial charge >= 0.3 is 0 Å². The van der Waals surface area contributed by atoms with Gasteiger partial charge in [-0.2, -0.15) is 0 Å². The number of likely N-dealkylation sites (N-methyl/N-ethyl adjacent to an activating group) is 1. The maximum Gasteiger partial charge on any atom is 0.227 e. The van der Waals surface area contributed by atoms with Crippen molar-refractivity contribution < 1.29 is 0 Å². The molecule has 2 aromatic carbocycles. The van der Waals surface area contributed by atoms with Crippen molar-refractivity contribution in [3.63, 3.8) is 0 Å². The van der Waals surface area contributed by atoms with Crippen molar-refractivity contribution in [2.75, 3.05) is 44.3 Å². The van der Waals surface area contributed by atoms with Gasteiger partial charge in [0.15, 0.2) is 0 Å². The van der Waals surface area contributed by atoms with Gasteiger partial charge in [-0.3, -0.25) is 4.90 Å². The van der Waals surface area contributed by atoms with E-state index in [4.69, 9.17) is 33.9 Å². The van der Waals surface area contributed by atoms with Crippen molar-refractivity contribution >= 4 is 62.6 Å². The third-order valence-corrected chi connectivity index (χ3v) is 9.68. The number of nitrogen functional groups attached to an aromatic ring is 1. The van der Waals surface area contributed by atoms with Gasteiger partial charge < -0.3 is 20.5 Å². The SMILES string of the molecule is CN1CCN([C@H]2CC[C@H](n3cc(-c4ccc(Nc5ncc6c(Cl)c(Cl)ccc6n5)cc4)c4c(N)ncnc43)CC2)CC1. The van der Waals surface area contributed by atoms with Crippen LogP contribution in [0.3, 0.4) is 0 Å². The Labute approximate surface area is 254 Å². The molecule has 1 aliphatic heterocycles. The van der Waals surface area contributed by atoms with Gasteiger partial charge in [-0.25, -0.2) is 19.9 Å². The lowest BCUT2D eigenvalue weighted by molar-refractivity contribution is 0.0828. The third-order valence-electron chi connectivity index (χ3n) is 8.86. The number of fused-ring (bicyclic) bond motifs is 2. The molecule has 42 heavy (non-hydrogen) atoms. The first-order chi connectivity index (χ1) is 20.4. The molecule has 3 aromatic heterocycles. The number of benzene rings is 2. The highest BCUT2D eigenvalue weighted by molar-refractivity contribution is 6.45. The highest BCUT2D eigenvalue weighted by Gasteiger charge is 2.30. The second kappa shape index (κ2) is 11.3. The minimum atomic E-state index is 0.397. The van der Waals surface area contributed by atoms with E-state index in [0.29, 0.717) is 39.3 Å². The van der Waals surface area contributed by atoms with E-state index in [0.717, 1.165) is 59.3 Å². The summed E-state index contributed by atoms with van der Waals surface area (Å²) >= 11 is 12.4. The molecule has 1 saturated heterocycles. The van der Waals surface area contributed by atoms with Crippen LogP contribution in [0.15, 0.2) is 55.1 Å². The number of halogens is 2. The summed E-state index contributed by atoms with van der Waals surface area (Å²) in [4.78, 5) is 23.2. The van der Waals surface area contributed by atoms with Crippen LogP contribution in [0.2, 0.25) is 10.0 Å². The minimum absolute atomic E-state index is 0.397. The van der Waals surface area contributed by atoms with Gasteiger partial charge in [0.1, 0.15) is 17.8 Å². The topological polar surface area (TPSA) is 101 Å². The van der Waals surface area contributed by atoms with Crippen LogP contribution >= 0.6 is 23.2 Å². The molecule has 7 rings (SSSR count).